The lowest BCUT2D eigenvalue weighted by atomic mass is 9.82. The summed E-state index contributed by atoms with van der Waals surface area (Å²) in [5.74, 6) is 1.51. The second-order valence-corrected chi connectivity index (χ2v) is 12.0. The molecule has 4 rings (SSSR count). The fourth-order valence-corrected chi connectivity index (χ4v) is 5.23. The third-order valence-corrected chi connectivity index (χ3v) is 6.45. The Morgan fingerprint density at radius 1 is 0.947 bits per heavy atom. The fraction of sp³-hybridized carbons (Fsp3) is 0.333. The van der Waals surface area contributed by atoms with E-state index in [1.165, 1.54) is 7.11 Å². The molecule has 7 nitrogen and oxygen atoms in total. The molecule has 0 spiro atoms. The average molecular weight is 581 g/mol. The third kappa shape index (κ3) is 6.13. The molecular weight excluding hydrogens is 546 g/mol. The van der Waals surface area contributed by atoms with Crippen LogP contribution in [0.5, 0.6) is 17.2 Å². The number of nitrogens with one attached hydrogen (secondary N) is 1. The number of halogens is 1. The monoisotopic (exact) mass is 579 g/mol. The van der Waals surface area contributed by atoms with Crippen molar-refractivity contribution >= 4 is 33.4 Å². The molecule has 0 atom stereocenters. The molecule has 2 aromatic heterocycles. The number of benzene rings is 2. The molecule has 4 aromatic rings. The van der Waals surface area contributed by atoms with Gasteiger partial charge >= 0.3 is 5.97 Å². The molecule has 0 saturated carbocycles. The lowest BCUT2D eigenvalue weighted by Gasteiger charge is -2.34. The summed E-state index contributed by atoms with van der Waals surface area (Å²) in [6.07, 6.45) is 2.95. The molecule has 0 amide bonds. The molecule has 8 heteroatoms. The fourth-order valence-electron chi connectivity index (χ4n) is 4.90. The summed E-state index contributed by atoms with van der Waals surface area (Å²) in [7, 11) is 3.06. The van der Waals surface area contributed by atoms with Crippen LogP contribution in [0.2, 0.25) is 0 Å². The van der Waals surface area contributed by atoms with E-state index in [0.717, 1.165) is 33.6 Å². The number of pyridine rings is 1. The first-order valence-corrected chi connectivity index (χ1v) is 13.2. The molecule has 0 aliphatic heterocycles. The van der Waals surface area contributed by atoms with Crippen LogP contribution in [0.3, 0.4) is 0 Å². The highest BCUT2D eigenvalue weighted by Gasteiger charge is 2.28. The Morgan fingerprint density at radius 3 is 2.34 bits per heavy atom. The van der Waals surface area contributed by atoms with Crippen LogP contribution >= 0.6 is 15.9 Å². The van der Waals surface area contributed by atoms with E-state index in [9.17, 15) is 4.79 Å². The van der Waals surface area contributed by atoms with Gasteiger partial charge in [-0.25, -0.2) is 9.78 Å². The molecular formula is C30H34BrN3O4. The average Bonchev–Trinajstić information content (AvgIpc) is 3.19. The Kier molecular flexibility index (Phi) is 7.74. The van der Waals surface area contributed by atoms with Crippen molar-refractivity contribution in [2.24, 2.45) is 5.41 Å². The van der Waals surface area contributed by atoms with Gasteiger partial charge in [-0.15, -0.1) is 0 Å². The second kappa shape index (κ2) is 10.7. The topological polar surface area (TPSA) is 74.1 Å². The van der Waals surface area contributed by atoms with Crippen LogP contribution in [-0.2, 0) is 0 Å². The van der Waals surface area contributed by atoms with Gasteiger partial charge in [-0.05, 0) is 84.1 Å². The molecule has 2 heterocycles. The van der Waals surface area contributed by atoms with Crippen LogP contribution in [0.15, 0.2) is 65.3 Å². The first-order valence-electron chi connectivity index (χ1n) is 12.4. The van der Waals surface area contributed by atoms with Gasteiger partial charge in [0.15, 0.2) is 11.5 Å². The lowest BCUT2D eigenvalue weighted by Crippen LogP contribution is -2.36. The van der Waals surface area contributed by atoms with E-state index in [-0.39, 0.29) is 11.0 Å². The number of anilines is 1. The van der Waals surface area contributed by atoms with Crippen molar-refractivity contribution in [3.63, 3.8) is 0 Å². The molecule has 0 saturated heterocycles. The summed E-state index contributed by atoms with van der Waals surface area (Å²) in [4.78, 5) is 17.8. The van der Waals surface area contributed by atoms with Crippen molar-refractivity contribution in [1.82, 2.24) is 9.38 Å². The minimum Gasteiger partial charge on any atom is -0.496 e. The van der Waals surface area contributed by atoms with E-state index in [2.05, 4.69) is 55.9 Å². The Morgan fingerprint density at radius 2 is 1.66 bits per heavy atom. The number of carbonyl (C=O) groups is 1. The normalized spacial score (nSPS) is 11.9. The van der Waals surface area contributed by atoms with Crippen LogP contribution in [0.4, 0.5) is 5.82 Å². The third-order valence-electron chi connectivity index (χ3n) is 5.98. The zero-order valence-electron chi connectivity index (χ0n) is 22.9. The van der Waals surface area contributed by atoms with Crippen LogP contribution < -0.4 is 19.5 Å². The number of nitrogens with zero attached hydrogens (tertiary/aromatic N) is 2. The number of imidazole rings is 1. The number of carbonyl (C=O) groups excluding carboxylic acids is 1. The van der Waals surface area contributed by atoms with Gasteiger partial charge in [-0.2, -0.15) is 0 Å². The van der Waals surface area contributed by atoms with Crippen molar-refractivity contribution in [1.29, 1.82) is 0 Å². The minimum atomic E-state index is -0.530. The van der Waals surface area contributed by atoms with Gasteiger partial charge in [0.05, 0.1) is 14.2 Å². The van der Waals surface area contributed by atoms with E-state index < -0.39 is 5.97 Å². The number of methoxy groups -OCH3 is 2. The van der Waals surface area contributed by atoms with Crippen molar-refractivity contribution in [2.45, 2.75) is 46.6 Å². The summed E-state index contributed by atoms with van der Waals surface area (Å²) in [5, 5.41) is 3.75. The first kappa shape index (κ1) is 27.5. The maximum absolute atomic E-state index is 12.9. The maximum Gasteiger partial charge on any atom is 0.347 e. The second-order valence-electron chi connectivity index (χ2n) is 11.1. The van der Waals surface area contributed by atoms with Crippen molar-refractivity contribution in [2.75, 3.05) is 19.5 Å². The summed E-state index contributed by atoms with van der Waals surface area (Å²) in [6, 6.07) is 16.3. The largest absolute Gasteiger partial charge is 0.496 e. The van der Waals surface area contributed by atoms with Crippen LogP contribution in [-0.4, -0.2) is 35.1 Å². The first-order chi connectivity index (χ1) is 17.9. The number of rotatable bonds is 8. The highest BCUT2D eigenvalue weighted by atomic mass is 79.9. The zero-order valence-corrected chi connectivity index (χ0v) is 24.5. The molecule has 2 aromatic carbocycles. The predicted molar refractivity (Wildman–Crippen MR) is 155 cm³/mol. The van der Waals surface area contributed by atoms with Crippen molar-refractivity contribution < 1.29 is 19.0 Å². The smallest absolute Gasteiger partial charge is 0.347 e. The van der Waals surface area contributed by atoms with Gasteiger partial charge in [-0.3, -0.25) is 4.40 Å². The number of esters is 1. The van der Waals surface area contributed by atoms with Crippen LogP contribution in [0.25, 0.3) is 16.9 Å². The van der Waals surface area contributed by atoms with Gasteiger partial charge in [0.2, 0.25) is 0 Å². The van der Waals surface area contributed by atoms with E-state index in [0.29, 0.717) is 22.8 Å². The molecule has 0 unspecified atom stereocenters. The number of aromatic nitrogens is 2. The van der Waals surface area contributed by atoms with Crippen molar-refractivity contribution in [3.8, 4) is 28.5 Å². The van der Waals surface area contributed by atoms with Crippen LogP contribution in [0, 0.1) is 5.41 Å². The van der Waals surface area contributed by atoms with Gasteiger partial charge in [0, 0.05) is 21.8 Å². The molecule has 0 aliphatic rings. The molecule has 0 bridgehead atoms. The van der Waals surface area contributed by atoms with E-state index in [1.54, 1.807) is 37.4 Å². The SMILES string of the molecule is COc1cc(-c2nc3ccc(Br)cn3c2NC(C)(C)CC(C)(C)C)ccc1OC(=O)c1ccccc1OC. The molecule has 38 heavy (non-hydrogen) atoms. The van der Waals surface area contributed by atoms with E-state index in [1.807, 2.05) is 34.9 Å². The maximum atomic E-state index is 12.9. The Labute approximate surface area is 232 Å². The Bertz CT molecular complexity index is 1470. The summed E-state index contributed by atoms with van der Waals surface area (Å²) >= 11 is 3.59. The molecule has 1 N–H and O–H groups in total. The van der Waals surface area contributed by atoms with E-state index >= 15 is 0 Å². The van der Waals surface area contributed by atoms with Gasteiger partial charge in [0.1, 0.15) is 28.5 Å². The summed E-state index contributed by atoms with van der Waals surface area (Å²) < 4.78 is 19.6. The quantitative estimate of drug-likeness (QED) is 0.171. The number of fused-ring (bicyclic) bond motifs is 1. The number of hydrogen-bond donors (Lipinski definition) is 1. The number of ether oxygens (including phenoxy) is 3. The molecule has 0 fully saturated rings. The van der Waals surface area contributed by atoms with Crippen LogP contribution in [0.1, 0.15) is 51.4 Å². The predicted octanol–water partition coefficient (Wildman–Crippen LogP) is 7.63. The van der Waals surface area contributed by atoms with Gasteiger partial charge in [-0.1, -0.05) is 32.9 Å². The van der Waals surface area contributed by atoms with Crippen molar-refractivity contribution in [3.05, 3.63) is 70.8 Å². The zero-order chi connectivity index (χ0) is 27.7. The highest BCUT2D eigenvalue weighted by Crippen LogP contribution is 2.39. The molecule has 200 valence electrons. The summed E-state index contributed by atoms with van der Waals surface area (Å²) in [5.41, 5.74) is 2.66. The summed E-state index contributed by atoms with van der Waals surface area (Å²) in [6.45, 7) is 11.1. The number of para-hydroxylation sites is 1. The highest BCUT2D eigenvalue weighted by molar-refractivity contribution is 9.10. The molecule has 0 aliphatic carbocycles. The Balaban J connectivity index is 1.74. The van der Waals surface area contributed by atoms with E-state index in [4.69, 9.17) is 19.2 Å². The Hall–Kier alpha value is -3.52. The lowest BCUT2D eigenvalue weighted by molar-refractivity contribution is 0.0726. The minimum absolute atomic E-state index is 0.133. The van der Waals surface area contributed by atoms with Gasteiger partial charge < -0.3 is 19.5 Å². The van der Waals surface area contributed by atoms with Gasteiger partial charge in [0.25, 0.3) is 0 Å². The number of hydrogen-bond acceptors (Lipinski definition) is 6. The molecule has 0 radical (unpaired) electrons. The standard InChI is InChI=1S/C30H34BrN3O4/c1-29(2,3)18-30(4,5)33-27-26(32-25-15-13-20(31)17-34(25)27)19-12-14-23(24(16-19)37-7)38-28(35)21-10-8-9-11-22(21)36-6/h8-17,33H,18H2,1-7H3.